The highest BCUT2D eigenvalue weighted by Gasteiger charge is 2.03. The molecule has 50 valence electrons. The Kier molecular flexibility index (Phi) is 7.65. The zero-order chi connectivity index (χ0) is 5.86. The van der Waals surface area contributed by atoms with Crippen molar-refractivity contribution in [3.63, 3.8) is 0 Å². The number of alkyl halides is 2. The van der Waals surface area contributed by atoms with Crippen LogP contribution >= 0.6 is 35.6 Å². The average Bonchev–Trinajstić information content (AvgIpc) is 1.27. The van der Waals surface area contributed by atoms with Crippen molar-refractivity contribution in [1.82, 2.24) is 0 Å². The van der Waals surface area contributed by atoms with Crippen LogP contribution in [0.15, 0.2) is 0 Å². The van der Waals surface area contributed by atoms with E-state index in [2.05, 4.69) is 0 Å². The van der Waals surface area contributed by atoms with Crippen LogP contribution in [0.25, 0.3) is 0 Å². The van der Waals surface area contributed by atoms with Gasteiger partial charge in [-0.25, -0.2) is 0 Å². The molecule has 0 saturated carbocycles. The van der Waals surface area contributed by atoms with Gasteiger partial charge < -0.3 is 5.11 Å². The van der Waals surface area contributed by atoms with Gasteiger partial charge in [-0.2, -0.15) is 0 Å². The molecule has 0 aromatic heterocycles. The number of halogens is 3. The molecule has 0 spiro atoms. The fourth-order valence-electron chi connectivity index (χ4n) is 0.132. The van der Waals surface area contributed by atoms with Gasteiger partial charge in [-0.05, 0) is 0 Å². The lowest BCUT2D eigenvalue weighted by molar-refractivity contribution is -0.136. The average molecular weight is 179 g/mol. The summed E-state index contributed by atoms with van der Waals surface area (Å²) in [6.45, 7) is 0. The second-order valence-corrected chi connectivity index (χ2v) is 2.27. The minimum Gasteiger partial charge on any atom is -0.481 e. The first-order chi connectivity index (χ1) is 3.13. The quantitative estimate of drug-likeness (QED) is 0.655. The van der Waals surface area contributed by atoms with Crippen molar-refractivity contribution >= 4 is 41.6 Å². The maximum atomic E-state index is 9.64. The number of rotatable bonds is 2. The lowest BCUT2D eigenvalue weighted by atomic mass is 10.5. The summed E-state index contributed by atoms with van der Waals surface area (Å²) in [4.78, 5) is 8.86. The van der Waals surface area contributed by atoms with Crippen LogP contribution in [0, 0.1) is 0 Å². The second-order valence-electron chi connectivity index (χ2n) is 0.989. The minimum absolute atomic E-state index is 0. The van der Waals surface area contributed by atoms with Gasteiger partial charge in [0.2, 0.25) is 0 Å². The molecule has 0 aliphatic carbocycles. The molecular formula is C3H5Cl3O2. The highest BCUT2D eigenvalue weighted by Crippen LogP contribution is 2.05. The molecule has 2 nitrogen and oxygen atoms in total. The van der Waals surface area contributed by atoms with E-state index in [4.69, 9.17) is 28.3 Å². The predicted molar refractivity (Wildman–Crippen MR) is 35.0 cm³/mol. The van der Waals surface area contributed by atoms with Crippen molar-refractivity contribution in [1.29, 1.82) is 0 Å². The van der Waals surface area contributed by atoms with Crippen LogP contribution in [0.2, 0.25) is 0 Å². The molecule has 1 N–H and O–H groups in total. The summed E-state index contributed by atoms with van der Waals surface area (Å²) in [5.74, 6) is -0.977. The third-order valence-corrected chi connectivity index (χ3v) is 0.638. The molecule has 0 radical (unpaired) electrons. The van der Waals surface area contributed by atoms with Crippen LogP contribution in [0.4, 0.5) is 0 Å². The van der Waals surface area contributed by atoms with Gasteiger partial charge in [-0.1, -0.05) is 0 Å². The second kappa shape index (κ2) is 5.48. The summed E-state index contributed by atoms with van der Waals surface area (Å²) >= 11 is 10.1. The van der Waals surface area contributed by atoms with E-state index in [0.29, 0.717) is 0 Å². The first kappa shape index (κ1) is 11.2. The van der Waals surface area contributed by atoms with Crippen molar-refractivity contribution in [2.24, 2.45) is 0 Å². The van der Waals surface area contributed by atoms with Gasteiger partial charge in [0, 0.05) is 0 Å². The van der Waals surface area contributed by atoms with E-state index >= 15 is 0 Å². The largest absolute Gasteiger partial charge is 0.481 e. The molecule has 0 atom stereocenters. The van der Waals surface area contributed by atoms with Gasteiger partial charge in [0.05, 0.1) is 6.42 Å². The van der Waals surface area contributed by atoms with E-state index < -0.39 is 10.8 Å². The zero-order valence-corrected chi connectivity index (χ0v) is 6.13. The summed E-state index contributed by atoms with van der Waals surface area (Å²) in [6, 6.07) is 0. The normalized spacial score (nSPS) is 8.38. The van der Waals surface area contributed by atoms with Gasteiger partial charge in [-0.3, -0.25) is 4.79 Å². The van der Waals surface area contributed by atoms with Crippen LogP contribution in [0.3, 0.4) is 0 Å². The molecule has 0 amide bonds. The Labute approximate surface area is 63.2 Å². The van der Waals surface area contributed by atoms with E-state index in [1.165, 1.54) is 0 Å². The van der Waals surface area contributed by atoms with Crippen LogP contribution in [-0.2, 0) is 4.79 Å². The lowest BCUT2D eigenvalue weighted by Crippen LogP contribution is -1.99. The van der Waals surface area contributed by atoms with Crippen molar-refractivity contribution in [3.05, 3.63) is 0 Å². The minimum atomic E-state index is -0.977. The molecule has 0 aliphatic rings. The zero-order valence-electron chi connectivity index (χ0n) is 3.80. The van der Waals surface area contributed by atoms with E-state index in [0.717, 1.165) is 0 Å². The van der Waals surface area contributed by atoms with Crippen LogP contribution < -0.4 is 0 Å². The number of carboxylic acids is 1. The molecule has 0 aliphatic heterocycles. The molecule has 0 fully saturated rings. The molecule has 0 aromatic carbocycles. The van der Waals surface area contributed by atoms with Gasteiger partial charge in [0.15, 0.2) is 0 Å². The molecule has 0 saturated heterocycles. The van der Waals surface area contributed by atoms with Crippen molar-refractivity contribution < 1.29 is 9.90 Å². The summed E-state index contributed by atoms with van der Waals surface area (Å²) in [6.07, 6.45) is -0.191. The number of carbonyl (C=O) groups is 1. The van der Waals surface area contributed by atoms with Crippen molar-refractivity contribution in [3.8, 4) is 0 Å². The Morgan fingerprint density at radius 2 is 2.00 bits per heavy atom. The number of carboxylic acid groups (broad SMARTS) is 1. The fourth-order valence-corrected chi connectivity index (χ4v) is 0.396. The summed E-state index contributed by atoms with van der Waals surface area (Å²) in [5, 5.41) is 7.92. The third kappa shape index (κ3) is 9.60. The molecule has 5 heteroatoms. The smallest absolute Gasteiger partial charge is 0.306 e. The molecular weight excluding hydrogens is 174 g/mol. The Hall–Kier alpha value is 0.340. The van der Waals surface area contributed by atoms with E-state index in [1.807, 2.05) is 0 Å². The molecule has 0 rings (SSSR count). The summed E-state index contributed by atoms with van der Waals surface area (Å²) < 4.78 is 0. The Morgan fingerprint density at radius 1 is 1.62 bits per heavy atom. The molecule has 8 heavy (non-hydrogen) atoms. The first-order valence-corrected chi connectivity index (χ1v) is 2.50. The Bertz CT molecular complexity index is 72.9. The number of hydrogen-bond donors (Lipinski definition) is 1. The van der Waals surface area contributed by atoms with E-state index in [9.17, 15) is 4.79 Å². The van der Waals surface area contributed by atoms with E-state index in [1.54, 1.807) is 0 Å². The predicted octanol–water partition coefficient (Wildman–Crippen LogP) is 1.69. The summed E-state index contributed by atoms with van der Waals surface area (Å²) in [5.41, 5.74) is 0. The maximum Gasteiger partial charge on any atom is 0.306 e. The molecule has 0 heterocycles. The van der Waals surface area contributed by atoms with Crippen molar-refractivity contribution in [2.45, 2.75) is 11.3 Å². The lowest BCUT2D eigenvalue weighted by Gasteiger charge is -1.89. The standard InChI is InChI=1S/C3H4Cl2O2.ClH/c4-2(5)1-3(6)7;/h2H,1H2,(H,6,7);1H. The SMILES string of the molecule is Cl.O=C(O)CC(Cl)Cl. The van der Waals surface area contributed by atoms with E-state index in [-0.39, 0.29) is 18.8 Å². The topological polar surface area (TPSA) is 37.3 Å². The monoisotopic (exact) mass is 178 g/mol. The fraction of sp³-hybridized carbons (Fsp3) is 0.667. The number of aliphatic carboxylic acids is 1. The van der Waals surface area contributed by atoms with Gasteiger partial charge in [0.25, 0.3) is 0 Å². The van der Waals surface area contributed by atoms with Crippen molar-refractivity contribution in [2.75, 3.05) is 0 Å². The third-order valence-electron chi connectivity index (χ3n) is 0.329. The van der Waals surface area contributed by atoms with Crippen LogP contribution in [0.1, 0.15) is 6.42 Å². The maximum absolute atomic E-state index is 9.64. The highest BCUT2D eigenvalue weighted by atomic mass is 35.5. The van der Waals surface area contributed by atoms with Gasteiger partial charge in [-0.15, -0.1) is 35.6 Å². The van der Waals surface area contributed by atoms with Crippen LogP contribution in [-0.4, -0.2) is 15.9 Å². The molecule has 0 unspecified atom stereocenters. The van der Waals surface area contributed by atoms with Gasteiger partial charge in [0.1, 0.15) is 4.84 Å². The first-order valence-electron chi connectivity index (χ1n) is 1.63. The van der Waals surface area contributed by atoms with Gasteiger partial charge >= 0.3 is 5.97 Å². The molecule has 0 bridgehead atoms. The Balaban J connectivity index is 0. The highest BCUT2D eigenvalue weighted by molar-refractivity contribution is 6.44. The van der Waals surface area contributed by atoms with Crippen LogP contribution in [0.5, 0.6) is 0 Å². The molecule has 0 aromatic rings. The summed E-state index contributed by atoms with van der Waals surface area (Å²) in [7, 11) is 0. The Morgan fingerprint density at radius 3 is 2.00 bits per heavy atom. The number of hydrogen-bond acceptors (Lipinski definition) is 1.